The molecule has 0 bridgehead atoms. The Morgan fingerprint density at radius 3 is 2.83 bits per heavy atom. The fraction of sp³-hybridized carbons (Fsp3) is 0.471. The van der Waals surface area contributed by atoms with E-state index in [1.807, 2.05) is 13.8 Å². The standard InChI is InChI=1S/C17H18ClNO4/c1-8(2)7-22-17(21)12-6-11(12)16(20)10-4-13(18)15-14(5-10)23-9(3)19-15/h4-5,8,11-12H,6-7H2,1-3H3/t11-,12-/m0/s1. The van der Waals surface area contributed by atoms with Crippen LogP contribution in [-0.4, -0.2) is 23.3 Å². The van der Waals surface area contributed by atoms with Gasteiger partial charge in [-0.15, -0.1) is 0 Å². The predicted octanol–water partition coefficient (Wildman–Crippen LogP) is 3.81. The third-order valence-corrected chi connectivity index (χ3v) is 4.12. The van der Waals surface area contributed by atoms with Gasteiger partial charge in [0.2, 0.25) is 0 Å². The number of ketones is 1. The largest absolute Gasteiger partial charge is 0.465 e. The summed E-state index contributed by atoms with van der Waals surface area (Å²) in [5.74, 6) is -0.288. The molecule has 0 unspecified atom stereocenters. The van der Waals surface area contributed by atoms with E-state index in [1.54, 1.807) is 19.1 Å². The van der Waals surface area contributed by atoms with Crippen LogP contribution in [0.25, 0.3) is 11.1 Å². The van der Waals surface area contributed by atoms with Gasteiger partial charge in [-0.1, -0.05) is 25.4 Å². The van der Waals surface area contributed by atoms with E-state index in [9.17, 15) is 9.59 Å². The van der Waals surface area contributed by atoms with Crippen molar-refractivity contribution in [2.45, 2.75) is 27.2 Å². The third kappa shape index (κ3) is 3.24. The summed E-state index contributed by atoms with van der Waals surface area (Å²) in [6.07, 6.45) is 0.529. The van der Waals surface area contributed by atoms with Gasteiger partial charge in [0.15, 0.2) is 17.3 Å². The van der Waals surface area contributed by atoms with Crippen molar-refractivity contribution in [3.8, 4) is 0 Å². The minimum absolute atomic E-state index is 0.102. The van der Waals surface area contributed by atoms with Crippen LogP contribution in [-0.2, 0) is 9.53 Å². The van der Waals surface area contributed by atoms with Gasteiger partial charge >= 0.3 is 5.97 Å². The lowest BCUT2D eigenvalue weighted by atomic mass is 10.1. The minimum Gasteiger partial charge on any atom is -0.465 e. The van der Waals surface area contributed by atoms with E-state index in [4.69, 9.17) is 20.8 Å². The number of ether oxygens (including phenoxy) is 1. The molecule has 0 N–H and O–H groups in total. The first-order valence-electron chi connectivity index (χ1n) is 7.64. The van der Waals surface area contributed by atoms with Gasteiger partial charge in [0.1, 0.15) is 5.52 Å². The number of carbonyl (C=O) groups is 2. The van der Waals surface area contributed by atoms with Crippen LogP contribution in [0.4, 0.5) is 0 Å². The molecule has 1 heterocycles. The van der Waals surface area contributed by atoms with Gasteiger partial charge < -0.3 is 9.15 Å². The average Bonchev–Trinajstić information content (AvgIpc) is 3.19. The number of aromatic nitrogens is 1. The molecule has 0 amide bonds. The van der Waals surface area contributed by atoms with Crippen LogP contribution < -0.4 is 0 Å². The Morgan fingerprint density at radius 1 is 1.39 bits per heavy atom. The number of benzene rings is 1. The van der Waals surface area contributed by atoms with Gasteiger partial charge in [0.05, 0.1) is 17.5 Å². The highest BCUT2D eigenvalue weighted by molar-refractivity contribution is 6.35. The fourth-order valence-electron chi connectivity index (χ4n) is 2.56. The van der Waals surface area contributed by atoms with Gasteiger partial charge in [-0.2, -0.15) is 0 Å². The Balaban J connectivity index is 1.73. The van der Waals surface area contributed by atoms with E-state index in [0.29, 0.717) is 40.6 Å². The molecule has 2 aromatic rings. The summed E-state index contributed by atoms with van der Waals surface area (Å²) in [5.41, 5.74) is 1.48. The van der Waals surface area contributed by atoms with Crippen LogP contribution in [0.1, 0.15) is 36.5 Å². The number of aryl methyl sites for hydroxylation is 1. The second-order valence-corrected chi connectivity index (χ2v) is 6.78. The molecule has 23 heavy (non-hydrogen) atoms. The van der Waals surface area contributed by atoms with Crippen molar-refractivity contribution in [2.24, 2.45) is 17.8 Å². The molecule has 122 valence electrons. The van der Waals surface area contributed by atoms with E-state index in [-0.39, 0.29) is 29.5 Å². The molecule has 1 fully saturated rings. The van der Waals surface area contributed by atoms with Crippen LogP contribution in [0, 0.1) is 24.7 Å². The van der Waals surface area contributed by atoms with Crippen LogP contribution in [0.2, 0.25) is 5.02 Å². The SMILES string of the molecule is Cc1nc2c(Cl)cc(C(=O)[C@H]3C[C@@H]3C(=O)OCC(C)C)cc2o1. The second-order valence-electron chi connectivity index (χ2n) is 6.37. The lowest BCUT2D eigenvalue weighted by Crippen LogP contribution is -2.14. The summed E-state index contributed by atoms with van der Waals surface area (Å²) in [5, 5.41) is 0.377. The Kier molecular flexibility index (Phi) is 4.15. The fourth-order valence-corrected chi connectivity index (χ4v) is 2.81. The van der Waals surface area contributed by atoms with Crippen LogP contribution >= 0.6 is 11.6 Å². The molecular weight excluding hydrogens is 318 g/mol. The Hall–Kier alpha value is -1.88. The number of esters is 1. The lowest BCUT2D eigenvalue weighted by Gasteiger charge is -2.06. The van der Waals surface area contributed by atoms with Crippen molar-refractivity contribution in [3.63, 3.8) is 0 Å². The highest BCUT2D eigenvalue weighted by Gasteiger charge is 2.49. The van der Waals surface area contributed by atoms with E-state index in [0.717, 1.165) is 0 Å². The van der Waals surface area contributed by atoms with Gasteiger partial charge in [0.25, 0.3) is 0 Å². The molecule has 0 saturated heterocycles. The Bertz CT molecular complexity index is 780. The normalized spacial score (nSPS) is 20.0. The predicted molar refractivity (Wildman–Crippen MR) is 85.5 cm³/mol. The topological polar surface area (TPSA) is 69.4 Å². The molecular formula is C17H18ClNO4. The van der Waals surface area contributed by atoms with Crippen molar-refractivity contribution in [1.29, 1.82) is 0 Å². The molecule has 0 radical (unpaired) electrons. The summed E-state index contributed by atoms with van der Waals surface area (Å²) >= 11 is 6.16. The number of hydrogen-bond acceptors (Lipinski definition) is 5. The Morgan fingerprint density at radius 2 is 2.13 bits per heavy atom. The van der Waals surface area contributed by atoms with E-state index in [2.05, 4.69) is 4.98 Å². The van der Waals surface area contributed by atoms with Crippen molar-refractivity contribution >= 4 is 34.5 Å². The summed E-state index contributed by atoms with van der Waals surface area (Å²) in [6.45, 7) is 6.05. The minimum atomic E-state index is -0.341. The molecule has 1 saturated carbocycles. The van der Waals surface area contributed by atoms with Gasteiger partial charge in [0, 0.05) is 18.4 Å². The number of hydrogen-bond donors (Lipinski definition) is 0. The van der Waals surface area contributed by atoms with E-state index < -0.39 is 0 Å². The maximum absolute atomic E-state index is 12.5. The maximum Gasteiger partial charge on any atom is 0.309 e. The summed E-state index contributed by atoms with van der Waals surface area (Å²) in [7, 11) is 0. The number of nitrogens with zero attached hydrogens (tertiary/aromatic N) is 1. The zero-order valence-corrected chi connectivity index (χ0v) is 14.0. The highest BCUT2D eigenvalue weighted by atomic mass is 35.5. The first kappa shape index (κ1) is 16.0. The van der Waals surface area contributed by atoms with Crippen molar-refractivity contribution in [2.75, 3.05) is 6.61 Å². The summed E-state index contributed by atoms with van der Waals surface area (Å²) in [4.78, 5) is 28.6. The number of fused-ring (bicyclic) bond motifs is 1. The van der Waals surface area contributed by atoms with Crippen LogP contribution in [0.5, 0.6) is 0 Å². The number of oxazole rings is 1. The monoisotopic (exact) mass is 335 g/mol. The quantitative estimate of drug-likeness (QED) is 0.614. The average molecular weight is 336 g/mol. The smallest absolute Gasteiger partial charge is 0.309 e. The van der Waals surface area contributed by atoms with Gasteiger partial charge in [-0.25, -0.2) is 4.98 Å². The first-order valence-corrected chi connectivity index (χ1v) is 8.02. The lowest BCUT2D eigenvalue weighted by molar-refractivity contribution is -0.146. The van der Waals surface area contributed by atoms with Crippen LogP contribution in [0.3, 0.4) is 0 Å². The molecule has 6 heteroatoms. The van der Waals surface area contributed by atoms with Crippen molar-refractivity contribution < 1.29 is 18.7 Å². The number of halogens is 1. The molecule has 0 spiro atoms. The molecule has 5 nitrogen and oxygen atoms in total. The zero-order chi connectivity index (χ0) is 16.7. The molecule has 0 aliphatic heterocycles. The Labute approximate surface area is 139 Å². The summed E-state index contributed by atoms with van der Waals surface area (Å²) in [6, 6.07) is 3.22. The third-order valence-electron chi connectivity index (χ3n) is 3.83. The van der Waals surface area contributed by atoms with E-state index in [1.165, 1.54) is 0 Å². The van der Waals surface area contributed by atoms with E-state index >= 15 is 0 Å². The summed E-state index contributed by atoms with van der Waals surface area (Å²) < 4.78 is 10.6. The molecule has 1 aliphatic carbocycles. The molecule has 1 aromatic carbocycles. The number of Topliss-reactive ketones (excluding diaryl/α,β-unsaturated/α-hetero) is 1. The molecule has 1 aromatic heterocycles. The van der Waals surface area contributed by atoms with Crippen LogP contribution in [0.15, 0.2) is 16.5 Å². The molecule has 3 rings (SSSR count). The second kappa shape index (κ2) is 5.96. The maximum atomic E-state index is 12.5. The van der Waals surface area contributed by atoms with Gasteiger partial charge in [-0.05, 0) is 24.5 Å². The molecule has 1 aliphatic rings. The number of carbonyl (C=O) groups excluding carboxylic acids is 2. The van der Waals surface area contributed by atoms with Gasteiger partial charge in [-0.3, -0.25) is 9.59 Å². The zero-order valence-electron chi connectivity index (χ0n) is 13.3. The molecule has 2 atom stereocenters. The van der Waals surface area contributed by atoms with Crippen molar-refractivity contribution in [3.05, 3.63) is 28.6 Å². The first-order chi connectivity index (χ1) is 10.9. The number of rotatable bonds is 5. The van der Waals surface area contributed by atoms with Crippen molar-refractivity contribution in [1.82, 2.24) is 4.98 Å². The highest BCUT2D eigenvalue weighted by Crippen LogP contribution is 2.42.